The molecule has 2 atom stereocenters. The van der Waals surface area contributed by atoms with E-state index in [0.717, 1.165) is 25.8 Å². The highest BCUT2D eigenvalue weighted by atomic mass is 35.5. The Morgan fingerprint density at radius 2 is 1.95 bits per heavy atom. The fraction of sp³-hybridized carbons (Fsp3) is 0.533. The van der Waals surface area contributed by atoms with Gasteiger partial charge in [-0.15, -0.1) is 12.4 Å². The number of sulfone groups is 1. The number of carbonyl (C=O) groups is 1. The first-order chi connectivity index (χ1) is 10.1. The van der Waals surface area contributed by atoms with Crippen molar-refractivity contribution < 1.29 is 13.2 Å². The highest BCUT2D eigenvalue weighted by molar-refractivity contribution is 7.91. The summed E-state index contributed by atoms with van der Waals surface area (Å²) in [6.07, 6.45) is 3.45. The van der Waals surface area contributed by atoms with Crippen molar-refractivity contribution in [1.29, 1.82) is 0 Å². The van der Waals surface area contributed by atoms with Crippen LogP contribution in [0.25, 0.3) is 0 Å². The van der Waals surface area contributed by atoms with E-state index < -0.39 is 9.84 Å². The smallest absolute Gasteiger partial charge is 0.237 e. The molecule has 2 unspecified atom stereocenters. The molecule has 0 aliphatic carbocycles. The average Bonchev–Trinajstić information content (AvgIpc) is 2.51. The van der Waals surface area contributed by atoms with E-state index in [1.54, 1.807) is 18.2 Å². The van der Waals surface area contributed by atoms with E-state index in [4.69, 9.17) is 0 Å². The van der Waals surface area contributed by atoms with Gasteiger partial charge in [0, 0.05) is 0 Å². The van der Waals surface area contributed by atoms with Gasteiger partial charge in [-0.2, -0.15) is 0 Å². The van der Waals surface area contributed by atoms with Gasteiger partial charge >= 0.3 is 0 Å². The highest BCUT2D eigenvalue weighted by Gasteiger charge is 2.32. The number of hydrogen-bond acceptors (Lipinski definition) is 4. The molecule has 0 radical (unpaired) electrons. The Bertz CT molecular complexity index is 642. The Morgan fingerprint density at radius 3 is 2.68 bits per heavy atom. The molecule has 1 amide bonds. The zero-order valence-corrected chi connectivity index (χ0v) is 13.9. The van der Waals surface area contributed by atoms with Crippen LogP contribution in [0.4, 0.5) is 0 Å². The van der Waals surface area contributed by atoms with Gasteiger partial charge in [0.05, 0.1) is 22.7 Å². The highest BCUT2D eigenvalue weighted by Crippen LogP contribution is 2.32. The van der Waals surface area contributed by atoms with E-state index >= 15 is 0 Å². The lowest BCUT2D eigenvalue weighted by molar-refractivity contribution is -0.124. The van der Waals surface area contributed by atoms with E-state index in [2.05, 4.69) is 10.6 Å². The molecular formula is C15H21ClN2O3S. The second kappa shape index (κ2) is 6.98. The second-order valence-electron chi connectivity index (χ2n) is 5.71. The molecule has 2 aliphatic rings. The first-order valence-corrected chi connectivity index (χ1v) is 9.08. The summed E-state index contributed by atoms with van der Waals surface area (Å²) < 4.78 is 24.2. The molecule has 1 fully saturated rings. The Hall–Kier alpha value is -1.11. The van der Waals surface area contributed by atoms with Crippen molar-refractivity contribution in [2.75, 3.05) is 12.3 Å². The van der Waals surface area contributed by atoms with Crippen molar-refractivity contribution in [3.63, 3.8) is 0 Å². The van der Waals surface area contributed by atoms with Gasteiger partial charge in [0.2, 0.25) is 5.91 Å². The topological polar surface area (TPSA) is 75.3 Å². The number of rotatable bonds is 2. The molecule has 0 spiro atoms. The minimum Gasteiger partial charge on any atom is -0.348 e. The molecule has 1 saturated heterocycles. The van der Waals surface area contributed by atoms with Gasteiger partial charge in [0.25, 0.3) is 0 Å². The quantitative estimate of drug-likeness (QED) is 0.854. The molecule has 7 heteroatoms. The Kier molecular flexibility index (Phi) is 5.47. The van der Waals surface area contributed by atoms with Gasteiger partial charge < -0.3 is 10.6 Å². The van der Waals surface area contributed by atoms with Gasteiger partial charge in [-0.1, -0.05) is 24.6 Å². The maximum atomic E-state index is 12.3. The summed E-state index contributed by atoms with van der Waals surface area (Å²) in [5.74, 6) is 0.0707. The number of carbonyl (C=O) groups excluding carboxylic acids is 1. The number of amides is 1. The van der Waals surface area contributed by atoms with Gasteiger partial charge in [0.1, 0.15) is 0 Å². The zero-order chi connectivity index (χ0) is 14.9. The maximum absolute atomic E-state index is 12.3. The van der Waals surface area contributed by atoms with E-state index in [1.807, 2.05) is 6.07 Å². The molecule has 1 aromatic carbocycles. The fourth-order valence-electron chi connectivity index (χ4n) is 3.09. The molecule has 122 valence electrons. The van der Waals surface area contributed by atoms with E-state index in [9.17, 15) is 13.2 Å². The predicted molar refractivity (Wildman–Crippen MR) is 86.9 cm³/mol. The largest absolute Gasteiger partial charge is 0.348 e. The van der Waals surface area contributed by atoms with Gasteiger partial charge in [-0.05, 0) is 37.4 Å². The lowest BCUT2D eigenvalue weighted by atomic mass is 10.0. The van der Waals surface area contributed by atoms with Crippen LogP contribution >= 0.6 is 12.4 Å². The lowest BCUT2D eigenvalue weighted by Crippen LogP contribution is -2.48. The van der Waals surface area contributed by atoms with Crippen molar-refractivity contribution >= 4 is 28.2 Å². The minimum absolute atomic E-state index is 0. The zero-order valence-electron chi connectivity index (χ0n) is 12.2. The number of hydrogen-bond donors (Lipinski definition) is 2. The molecule has 0 bridgehead atoms. The molecule has 2 heterocycles. The van der Waals surface area contributed by atoms with Crippen molar-refractivity contribution in [2.45, 2.75) is 42.7 Å². The molecule has 2 N–H and O–H groups in total. The Morgan fingerprint density at radius 1 is 1.18 bits per heavy atom. The predicted octanol–water partition coefficient (Wildman–Crippen LogP) is 1.59. The summed E-state index contributed by atoms with van der Waals surface area (Å²) in [6, 6.07) is 6.61. The fourth-order valence-corrected chi connectivity index (χ4v) is 4.71. The monoisotopic (exact) mass is 344 g/mol. The number of benzene rings is 1. The molecule has 5 nitrogen and oxygen atoms in total. The second-order valence-corrected chi connectivity index (χ2v) is 7.79. The number of fused-ring (bicyclic) bond motifs is 1. The minimum atomic E-state index is -3.20. The number of halogens is 1. The van der Waals surface area contributed by atoms with Gasteiger partial charge in [-0.3, -0.25) is 4.79 Å². The van der Waals surface area contributed by atoms with Gasteiger partial charge in [0.15, 0.2) is 9.84 Å². The normalized spacial score (nSPS) is 26.4. The lowest BCUT2D eigenvalue weighted by Gasteiger charge is -2.29. The Balaban J connectivity index is 0.00000176. The maximum Gasteiger partial charge on any atom is 0.237 e. The van der Waals surface area contributed by atoms with E-state index in [1.165, 1.54) is 0 Å². The average molecular weight is 345 g/mol. The standard InChI is InChI=1S/C15H20N2O3S.ClH/c18-15(13-6-3-4-9-16-13)17-12-8-10-21(19,20)14-7-2-1-5-11(12)14;/h1-2,5,7,12-13,16H,3-4,6,8-10H2,(H,17,18);1H. The van der Waals surface area contributed by atoms with Crippen LogP contribution in [0.3, 0.4) is 0 Å². The van der Waals surface area contributed by atoms with Crippen LogP contribution in [-0.4, -0.2) is 32.7 Å². The molecule has 2 aliphatic heterocycles. The van der Waals surface area contributed by atoms with Crippen LogP contribution < -0.4 is 10.6 Å². The van der Waals surface area contributed by atoms with Crippen LogP contribution in [0.5, 0.6) is 0 Å². The van der Waals surface area contributed by atoms with E-state index in [0.29, 0.717) is 16.9 Å². The van der Waals surface area contributed by atoms with Crippen LogP contribution in [0.15, 0.2) is 29.2 Å². The van der Waals surface area contributed by atoms with Crippen LogP contribution in [0, 0.1) is 0 Å². The van der Waals surface area contributed by atoms with Crippen LogP contribution in [-0.2, 0) is 14.6 Å². The van der Waals surface area contributed by atoms with Crippen molar-refractivity contribution in [3.8, 4) is 0 Å². The van der Waals surface area contributed by atoms with Crippen molar-refractivity contribution in [3.05, 3.63) is 29.8 Å². The van der Waals surface area contributed by atoms with E-state index in [-0.39, 0.29) is 36.2 Å². The summed E-state index contributed by atoms with van der Waals surface area (Å²) in [4.78, 5) is 12.7. The molecular weight excluding hydrogens is 324 g/mol. The third-order valence-corrected chi connectivity index (χ3v) is 6.06. The number of nitrogens with one attached hydrogen (secondary N) is 2. The molecule has 3 rings (SSSR count). The molecule has 0 saturated carbocycles. The van der Waals surface area contributed by atoms with Gasteiger partial charge in [-0.25, -0.2) is 8.42 Å². The van der Waals surface area contributed by atoms with Crippen molar-refractivity contribution in [1.82, 2.24) is 10.6 Å². The summed E-state index contributed by atoms with van der Waals surface area (Å²) in [6.45, 7) is 0.869. The summed E-state index contributed by atoms with van der Waals surface area (Å²) >= 11 is 0. The molecule has 1 aromatic rings. The third-order valence-electron chi connectivity index (χ3n) is 4.25. The summed E-state index contributed by atoms with van der Waals surface area (Å²) in [5.41, 5.74) is 0.716. The van der Waals surface area contributed by atoms with Crippen LogP contribution in [0.2, 0.25) is 0 Å². The first kappa shape index (κ1) is 17.2. The SMILES string of the molecule is Cl.O=C(NC1CCS(=O)(=O)c2ccccc21)C1CCCCN1. The summed E-state index contributed by atoms with van der Waals surface area (Å²) in [7, 11) is -3.20. The Labute approximate surface area is 137 Å². The van der Waals surface area contributed by atoms with Crippen LogP contribution in [0.1, 0.15) is 37.3 Å². The van der Waals surface area contributed by atoms with Crippen molar-refractivity contribution in [2.24, 2.45) is 0 Å². The molecule has 22 heavy (non-hydrogen) atoms. The summed E-state index contributed by atoms with van der Waals surface area (Å²) in [5, 5.41) is 6.24. The number of piperidine rings is 1. The molecule has 0 aromatic heterocycles. The first-order valence-electron chi connectivity index (χ1n) is 7.43. The third kappa shape index (κ3) is 3.45.